The van der Waals surface area contributed by atoms with Gasteiger partial charge in [0.1, 0.15) is 0 Å². The molecular formula is C14H19NO4. The summed E-state index contributed by atoms with van der Waals surface area (Å²) < 4.78 is 15.3. The summed E-state index contributed by atoms with van der Waals surface area (Å²) in [6.45, 7) is 3.88. The minimum atomic E-state index is -0.166. The Kier molecular flexibility index (Phi) is 4.63. The van der Waals surface area contributed by atoms with Crippen molar-refractivity contribution in [3.8, 4) is 11.5 Å². The molecule has 0 atom stereocenters. The maximum absolute atomic E-state index is 10.9. The molecule has 0 fully saturated rings. The summed E-state index contributed by atoms with van der Waals surface area (Å²) in [5.74, 6) is 1.45. The fourth-order valence-corrected chi connectivity index (χ4v) is 1.96. The molecule has 0 spiro atoms. The molecule has 1 aliphatic heterocycles. The van der Waals surface area contributed by atoms with Crippen LogP contribution in [0.1, 0.15) is 24.0 Å². The molecule has 0 saturated carbocycles. The van der Waals surface area contributed by atoms with Crippen molar-refractivity contribution in [2.75, 3.05) is 20.4 Å². The van der Waals surface area contributed by atoms with Crippen molar-refractivity contribution >= 4 is 5.97 Å². The molecule has 1 aliphatic rings. The highest BCUT2D eigenvalue weighted by molar-refractivity contribution is 5.69. The fourth-order valence-electron chi connectivity index (χ4n) is 1.96. The van der Waals surface area contributed by atoms with Crippen LogP contribution in [0.15, 0.2) is 12.1 Å². The Hall–Kier alpha value is -1.75. The zero-order valence-electron chi connectivity index (χ0n) is 11.3. The smallest absolute Gasteiger partial charge is 0.305 e. The number of esters is 1. The molecule has 1 N–H and O–H groups in total. The molecule has 1 aromatic rings. The molecule has 19 heavy (non-hydrogen) atoms. The first-order valence-corrected chi connectivity index (χ1v) is 6.37. The maximum Gasteiger partial charge on any atom is 0.305 e. The zero-order chi connectivity index (χ0) is 13.7. The lowest BCUT2D eigenvalue weighted by molar-refractivity contribution is -0.140. The summed E-state index contributed by atoms with van der Waals surface area (Å²) in [7, 11) is 1.41. The van der Waals surface area contributed by atoms with Crippen LogP contribution < -0.4 is 14.8 Å². The van der Waals surface area contributed by atoms with Crippen molar-refractivity contribution in [2.24, 2.45) is 0 Å². The molecule has 2 rings (SSSR count). The van der Waals surface area contributed by atoms with Gasteiger partial charge < -0.3 is 19.5 Å². The number of aryl methyl sites for hydroxylation is 1. The van der Waals surface area contributed by atoms with Gasteiger partial charge in [-0.25, -0.2) is 0 Å². The van der Waals surface area contributed by atoms with E-state index in [9.17, 15) is 4.79 Å². The van der Waals surface area contributed by atoms with Gasteiger partial charge in [-0.3, -0.25) is 4.79 Å². The van der Waals surface area contributed by atoms with Crippen molar-refractivity contribution in [1.82, 2.24) is 5.32 Å². The predicted octanol–water partition coefficient (Wildman–Crippen LogP) is 1.77. The number of carbonyl (C=O) groups excluding carboxylic acids is 1. The monoisotopic (exact) mass is 265 g/mol. The Bertz CT molecular complexity index is 459. The molecule has 5 heteroatoms. The van der Waals surface area contributed by atoms with E-state index in [4.69, 9.17) is 9.47 Å². The minimum Gasteiger partial charge on any atom is -0.469 e. The van der Waals surface area contributed by atoms with Crippen molar-refractivity contribution in [3.05, 3.63) is 23.3 Å². The number of rotatable bonds is 6. The number of hydrogen-bond acceptors (Lipinski definition) is 5. The van der Waals surface area contributed by atoms with Crippen molar-refractivity contribution in [3.63, 3.8) is 0 Å². The van der Waals surface area contributed by atoms with Gasteiger partial charge in [0.15, 0.2) is 11.5 Å². The van der Waals surface area contributed by atoms with E-state index in [-0.39, 0.29) is 5.97 Å². The summed E-state index contributed by atoms with van der Waals surface area (Å²) in [6, 6.07) is 4.00. The number of fused-ring (bicyclic) bond motifs is 1. The average molecular weight is 265 g/mol. The van der Waals surface area contributed by atoms with E-state index in [0.717, 1.165) is 31.0 Å². The Balaban J connectivity index is 1.78. The van der Waals surface area contributed by atoms with Gasteiger partial charge >= 0.3 is 5.97 Å². The Morgan fingerprint density at radius 1 is 1.37 bits per heavy atom. The van der Waals surface area contributed by atoms with E-state index in [1.165, 1.54) is 18.2 Å². The Morgan fingerprint density at radius 2 is 2.11 bits per heavy atom. The molecule has 0 bridgehead atoms. The van der Waals surface area contributed by atoms with Crippen molar-refractivity contribution in [1.29, 1.82) is 0 Å². The quantitative estimate of drug-likeness (QED) is 0.627. The molecule has 1 heterocycles. The van der Waals surface area contributed by atoms with Gasteiger partial charge in [0.2, 0.25) is 6.79 Å². The van der Waals surface area contributed by atoms with Gasteiger partial charge in [-0.15, -0.1) is 0 Å². The van der Waals surface area contributed by atoms with Crippen LogP contribution in [0.4, 0.5) is 0 Å². The molecule has 0 aliphatic carbocycles. The summed E-state index contributed by atoms with van der Waals surface area (Å²) in [6.07, 6.45) is 1.22. The van der Waals surface area contributed by atoms with Crippen molar-refractivity contribution < 1.29 is 19.0 Å². The first-order valence-electron chi connectivity index (χ1n) is 6.37. The zero-order valence-corrected chi connectivity index (χ0v) is 11.3. The Labute approximate surface area is 112 Å². The van der Waals surface area contributed by atoms with E-state index >= 15 is 0 Å². The standard InChI is InChI=1S/C14H19NO4/c1-10-6-12-13(19-9-18-12)7-11(10)8-15-5-3-4-14(16)17-2/h6-7,15H,3-5,8-9H2,1-2H3. The van der Waals surface area contributed by atoms with Crippen LogP contribution in [0.5, 0.6) is 11.5 Å². The van der Waals surface area contributed by atoms with Gasteiger partial charge in [0.05, 0.1) is 7.11 Å². The van der Waals surface area contributed by atoms with Gasteiger partial charge in [-0.2, -0.15) is 0 Å². The SMILES string of the molecule is COC(=O)CCCNCc1cc2c(cc1C)OCO2. The highest BCUT2D eigenvalue weighted by Gasteiger charge is 2.15. The fraction of sp³-hybridized carbons (Fsp3) is 0.500. The molecule has 104 valence electrons. The van der Waals surface area contributed by atoms with Crippen LogP contribution in [0, 0.1) is 6.92 Å². The summed E-state index contributed by atoms with van der Waals surface area (Å²) in [5, 5.41) is 3.31. The topological polar surface area (TPSA) is 56.8 Å². The molecule has 0 radical (unpaired) electrons. The predicted molar refractivity (Wildman–Crippen MR) is 70.3 cm³/mol. The lowest BCUT2D eigenvalue weighted by atomic mass is 10.1. The van der Waals surface area contributed by atoms with Gasteiger partial charge in [0.25, 0.3) is 0 Å². The van der Waals surface area contributed by atoms with Gasteiger partial charge in [-0.05, 0) is 43.1 Å². The van der Waals surface area contributed by atoms with E-state index in [1.807, 2.05) is 19.1 Å². The first-order chi connectivity index (χ1) is 9.20. The number of ether oxygens (including phenoxy) is 3. The normalized spacial score (nSPS) is 12.5. The summed E-state index contributed by atoms with van der Waals surface area (Å²) in [5.41, 5.74) is 2.35. The second-order valence-electron chi connectivity index (χ2n) is 4.49. The summed E-state index contributed by atoms with van der Waals surface area (Å²) in [4.78, 5) is 10.9. The second kappa shape index (κ2) is 6.43. The van der Waals surface area contributed by atoms with Crippen LogP contribution in [0.2, 0.25) is 0 Å². The molecule has 0 aromatic heterocycles. The number of nitrogens with one attached hydrogen (secondary N) is 1. The lowest BCUT2D eigenvalue weighted by Gasteiger charge is -2.09. The van der Waals surface area contributed by atoms with Crippen molar-refractivity contribution in [2.45, 2.75) is 26.3 Å². The van der Waals surface area contributed by atoms with E-state index in [2.05, 4.69) is 10.1 Å². The van der Waals surface area contributed by atoms with Crippen LogP contribution >= 0.6 is 0 Å². The Morgan fingerprint density at radius 3 is 2.84 bits per heavy atom. The van der Waals surface area contributed by atoms with Gasteiger partial charge in [0, 0.05) is 13.0 Å². The van der Waals surface area contributed by atoms with Crippen LogP contribution in [-0.4, -0.2) is 26.4 Å². The third-order valence-electron chi connectivity index (χ3n) is 3.11. The van der Waals surface area contributed by atoms with Gasteiger partial charge in [-0.1, -0.05) is 0 Å². The second-order valence-corrected chi connectivity index (χ2v) is 4.49. The largest absolute Gasteiger partial charge is 0.469 e. The average Bonchev–Trinajstić information content (AvgIpc) is 2.85. The molecule has 5 nitrogen and oxygen atoms in total. The highest BCUT2D eigenvalue weighted by atomic mass is 16.7. The lowest BCUT2D eigenvalue weighted by Crippen LogP contribution is -2.16. The molecule has 1 aromatic carbocycles. The minimum absolute atomic E-state index is 0.166. The summed E-state index contributed by atoms with van der Waals surface area (Å²) >= 11 is 0. The van der Waals surface area contributed by atoms with E-state index in [0.29, 0.717) is 13.2 Å². The number of methoxy groups -OCH3 is 1. The molecule has 0 amide bonds. The molecule has 0 saturated heterocycles. The first kappa shape index (κ1) is 13.7. The number of benzene rings is 1. The molecule has 0 unspecified atom stereocenters. The number of carbonyl (C=O) groups is 1. The van der Waals surface area contributed by atoms with Crippen LogP contribution in [0.3, 0.4) is 0 Å². The number of hydrogen-bond donors (Lipinski definition) is 1. The van der Waals surface area contributed by atoms with E-state index < -0.39 is 0 Å². The van der Waals surface area contributed by atoms with Crippen LogP contribution in [-0.2, 0) is 16.1 Å². The molecular weight excluding hydrogens is 246 g/mol. The van der Waals surface area contributed by atoms with E-state index in [1.54, 1.807) is 0 Å². The third kappa shape index (κ3) is 3.61. The third-order valence-corrected chi connectivity index (χ3v) is 3.11. The van der Waals surface area contributed by atoms with Crippen LogP contribution in [0.25, 0.3) is 0 Å². The highest BCUT2D eigenvalue weighted by Crippen LogP contribution is 2.34. The maximum atomic E-state index is 10.9.